The summed E-state index contributed by atoms with van der Waals surface area (Å²) in [5, 5.41) is 8.32. The van der Waals surface area contributed by atoms with E-state index >= 15 is 0 Å². The van der Waals surface area contributed by atoms with Gasteiger partial charge >= 0.3 is 5.97 Å². The largest absolute Gasteiger partial charge is 0.477 e. The molecule has 4 nitrogen and oxygen atoms in total. The molecule has 0 saturated heterocycles. The van der Waals surface area contributed by atoms with Crippen molar-refractivity contribution in [2.75, 3.05) is 0 Å². The molecule has 1 N–H and O–H groups in total. The molecule has 0 aliphatic heterocycles. The molecule has 5 heteroatoms. The molecule has 0 unspecified atom stereocenters. The fourth-order valence-corrected chi connectivity index (χ4v) is 1.56. The number of carbonyl (C=O) groups is 1. The zero-order valence-corrected chi connectivity index (χ0v) is 13.0. The number of rotatable bonds is 2. The maximum Gasteiger partial charge on any atom is 0.354 e. The Labute approximate surface area is 142 Å². The Kier molecular flexibility index (Phi) is 7.70. The minimum absolute atomic E-state index is 0. The van der Waals surface area contributed by atoms with Crippen molar-refractivity contribution in [1.82, 2.24) is 9.97 Å². The van der Waals surface area contributed by atoms with Crippen LogP contribution in [-0.4, -0.2) is 21.0 Å². The number of carboxylic acid groups (broad SMARTS) is 1. The molecule has 3 rings (SSSR count). The molecule has 0 aliphatic carbocycles. The van der Waals surface area contributed by atoms with Gasteiger partial charge in [-0.3, -0.25) is 0 Å². The van der Waals surface area contributed by atoms with Crippen LogP contribution in [0.1, 0.15) is 10.5 Å². The molecular formula is C17H13N2O2Pd-. The van der Waals surface area contributed by atoms with Crippen LogP contribution < -0.4 is 0 Å². The van der Waals surface area contributed by atoms with Gasteiger partial charge in [-0.05, 0) is 23.9 Å². The van der Waals surface area contributed by atoms with E-state index in [-0.39, 0.29) is 26.1 Å². The maximum absolute atomic E-state index is 10.1. The third-order valence-corrected chi connectivity index (χ3v) is 2.53. The number of benzene rings is 1. The first-order valence-electron chi connectivity index (χ1n) is 6.30. The molecule has 22 heavy (non-hydrogen) atoms. The zero-order chi connectivity index (χ0) is 14.9. The first kappa shape index (κ1) is 17.7. The minimum atomic E-state index is -0.990. The Morgan fingerprint density at radius 2 is 1.59 bits per heavy atom. The van der Waals surface area contributed by atoms with Crippen molar-refractivity contribution in [3.63, 3.8) is 0 Å². The van der Waals surface area contributed by atoms with E-state index in [0.29, 0.717) is 0 Å². The van der Waals surface area contributed by atoms with Crippen molar-refractivity contribution < 1.29 is 30.3 Å². The average Bonchev–Trinajstić information content (AvgIpc) is 2.58. The molecule has 1 aromatic carbocycles. The minimum Gasteiger partial charge on any atom is -0.477 e. The Morgan fingerprint density at radius 3 is 2.05 bits per heavy atom. The van der Waals surface area contributed by atoms with Crippen LogP contribution in [0.15, 0.2) is 73.1 Å². The molecule has 0 bridgehead atoms. The van der Waals surface area contributed by atoms with Crippen LogP contribution in [0.5, 0.6) is 0 Å². The van der Waals surface area contributed by atoms with Crippen molar-refractivity contribution in [1.29, 1.82) is 0 Å². The summed E-state index contributed by atoms with van der Waals surface area (Å²) < 4.78 is 0. The molecule has 0 spiro atoms. The number of hydrogen-bond donors (Lipinski definition) is 1. The van der Waals surface area contributed by atoms with E-state index in [1.807, 2.05) is 42.5 Å². The Morgan fingerprint density at radius 1 is 0.909 bits per heavy atom. The van der Waals surface area contributed by atoms with Crippen molar-refractivity contribution in [3.05, 3.63) is 84.8 Å². The summed E-state index contributed by atoms with van der Waals surface area (Å²) in [5.74, 6) is -0.990. The Bertz CT molecular complexity index is 639. The standard InChI is InChI=1S/C11H8N.C6H5NO2.Pd/c1-2-6-10(7-3-1)11-8-4-5-9-12-11;8-6(9)5-3-1-2-4-7-5;/h1-6,8-9H;1-4H,(H,8,9);/q-1;;. The molecule has 114 valence electrons. The van der Waals surface area contributed by atoms with Crippen LogP contribution in [0, 0.1) is 6.07 Å². The second-order valence-electron chi connectivity index (χ2n) is 4.01. The summed E-state index contributed by atoms with van der Waals surface area (Å²) in [6, 6.07) is 21.6. The van der Waals surface area contributed by atoms with Crippen molar-refractivity contribution in [2.24, 2.45) is 0 Å². The summed E-state index contributed by atoms with van der Waals surface area (Å²) >= 11 is 0. The maximum atomic E-state index is 10.1. The summed E-state index contributed by atoms with van der Waals surface area (Å²) in [5.41, 5.74) is 2.09. The molecule has 0 atom stereocenters. The molecule has 2 heterocycles. The van der Waals surface area contributed by atoms with Crippen LogP contribution in [0.25, 0.3) is 11.3 Å². The van der Waals surface area contributed by atoms with E-state index in [4.69, 9.17) is 5.11 Å². The van der Waals surface area contributed by atoms with Crippen LogP contribution in [-0.2, 0) is 20.4 Å². The van der Waals surface area contributed by atoms with Crippen LogP contribution in [0.2, 0.25) is 0 Å². The van der Waals surface area contributed by atoms with Gasteiger partial charge in [-0.2, -0.15) is 0 Å². The SMILES string of the molecule is O=C(O)c1ccccn1.[Pd].[c-]1ccccc1-c1ccccn1. The van der Waals surface area contributed by atoms with Crippen molar-refractivity contribution in [2.45, 2.75) is 0 Å². The quantitative estimate of drug-likeness (QED) is 0.544. The van der Waals surface area contributed by atoms with Gasteiger partial charge in [0.15, 0.2) is 0 Å². The van der Waals surface area contributed by atoms with Gasteiger partial charge < -0.3 is 10.1 Å². The molecule has 0 amide bonds. The van der Waals surface area contributed by atoms with Crippen LogP contribution in [0.3, 0.4) is 0 Å². The normalized spacial score (nSPS) is 8.91. The monoisotopic (exact) mass is 383 g/mol. The third kappa shape index (κ3) is 5.57. The first-order chi connectivity index (χ1) is 10.3. The molecule has 2 aromatic heterocycles. The van der Waals surface area contributed by atoms with Gasteiger partial charge in [0.1, 0.15) is 5.69 Å². The van der Waals surface area contributed by atoms with E-state index in [9.17, 15) is 4.79 Å². The van der Waals surface area contributed by atoms with E-state index in [1.165, 1.54) is 12.3 Å². The summed E-state index contributed by atoms with van der Waals surface area (Å²) in [6.07, 6.45) is 3.24. The van der Waals surface area contributed by atoms with Crippen molar-refractivity contribution >= 4 is 5.97 Å². The topological polar surface area (TPSA) is 63.1 Å². The van der Waals surface area contributed by atoms with E-state index in [1.54, 1.807) is 18.3 Å². The molecule has 0 saturated carbocycles. The second-order valence-corrected chi connectivity index (χ2v) is 4.01. The molecular weight excluding hydrogens is 371 g/mol. The molecule has 3 aromatic rings. The average molecular weight is 384 g/mol. The smallest absolute Gasteiger partial charge is 0.354 e. The van der Waals surface area contributed by atoms with Gasteiger partial charge in [0.25, 0.3) is 0 Å². The molecule has 0 fully saturated rings. The predicted molar refractivity (Wildman–Crippen MR) is 79.7 cm³/mol. The van der Waals surface area contributed by atoms with Crippen molar-refractivity contribution in [3.8, 4) is 11.3 Å². The fraction of sp³-hybridized carbons (Fsp3) is 0. The van der Waals surface area contributed by atoms with Gasteiger partial charge in [-0.25, -0.2) is 9.78 Å². The predicted octanol–water partition coefficient (Wildman–Crippen LogP) is 3.33. The molecule has 0 radical (unpaired) electrons. The van der Waals surface area contributed by atoms with E-state index in [0.717, 1.165) is 11.3 Å². The number of aromatic nitrogens is 2. The number of pyridine rings is 2. The molecule has 0 aliphatic rings. The number of hydrogen-bond acceptors (Lipinski definition) is 3. The van der Waals surface area contributed by atoms with Crippen LogP contribution in [0.4, 0.5) is 0 Å². The second kappa shape index (κ2) is 9.56. The van der Waals surface area contributed by atoms with Gasteiger partial charge in [-0.15, -0.1) is 35.9 Å². The number of nitrogens with zero attached hydrogens (tertiary/aromatic N) is 2. The van der Waals surface area contributed by atoms with Gasteiger partial charge in [-0.1, -0.05) is 18.2 Å². The number of carboxylic acids is 1. The van der Waals surface area contributed by atoms with Gasteiger partial charge in [0, 0.05) is 32.8 Å². The Hall–Kier alpha value is -2.35. The number of aromatic carboxylic acids is 1. The van der Waals surface area contributed by atoms with E-state index < -0.39 is 5.97 Å². The fourth-order valence-electron chi connectivity index (χ4n) is 1.56. The van der Waals surface area contributed by atoms with E-state index in [2.05, 4.69) is 16.0 Å². The summed E-state index contributed by atoms with van der Waals surface area (Å²) in [4.78, 5) is 17.9. The van der Waals surface area contributed by atoms with Gasteiger partial charge in [0.2, 0.25) is 0 Å². The first-order valence-corrected chi connectivity index (χ1v) is 6.30. The zero-order valence-electron chi connectivity index (χ0n) is 11.5. The summed E-state index contributed by atoms with van der Waals surface area (Å²) in [6.45, 7) is 0. The summed E-state index contributed by atoms with van der Waals surface area (Å²) in [7, 11) is 0. The third-order valence-electron chi connectivity index (χ3n) is 2.53. The Balaban J connectivity index is 0.000000219. The van der Waals surface area contributed by atoms with Gasteiger partial charge in [0.05, 0.1) is 0 Å². The van der Waals surface area contributed by atoms with Crippen LogP contribution >= 0.6 is 0 Å².